The van der Waals surface area contributed by atoms with Crippen molar-refractivity contribution in [3.8, 4) is 0 Å². The maximum atomic E-state index is 12.9. The number of benzene rings is 2. The van der Waals surface area contributed by atoms with Crippen molar-refractivity contribution < 1.29 is 18.0 Å². The van der Waals surface area contributed by atoms with Crippen LogP contribution in [-0.4, -0.2) is 37.1 Å². The van der Waals surface area contributed by atoms with Crippen LogP contribution in [0.1, 0.15) is 49.0 Å². The van der Waals surface area contributed by atoms with Gasteiger partial charge in [0.1, 0.15) is 0 Å². The molecule has 1 atom stereocenters. The first-order valence-electron chi connectivity index (χ1n) is 10.00. The Morgan fingerprint density at radius 3 is 2.33 bits per heavy atom. The van der Waals surface area contributed by atoms with Crippen molar-refractivity contribution in [2.24, 2.45) is 0 Å². The summed E-state index contributed by atoms with van der Waals surface area (Å²) in [5, 5.41) is 5.48. The lowest BCUT2D eigenvalue weighted by molar-refractivity contribution is -0.114. The summed E-state index contributed by atoms with van der Waals surface area (Å²) in [6.45, 7) is 5.72. The Labute approximate surface area is 177 Å². The van der Waals surface area contributed by atoms with E-state index in [2.05, 4.69) is 10.6 Å². The van der Waals surface area contributed by atoms with E-state index < -0.39 is 10.0 Å². The second kappa shape index (κ2) is 8.97. The molecular formula is C22H27N3O4S. The number of amides is 2. The van der Waals surface area contributed by atoms with Crippen LogP contribution in [0.5, 0.6) is 0 Å². The van der Waals surface area contributed by atoms with Gasteiger partial charge in [-0.3, -0.25) is 9.59 Å². The number of carbonyl (C=O) groups excluding carboxylic acids is 2. The molecule has 1 heterocycles. The van der Waals surface area contributed by atoms with Gasteiger partial charge in [-0.05, 0) is 68.7 Å². The second-order valence-corrected chi connectivity index (χ2v) is 9.56. The Hall–Kier alpha value is -2.71. The molecule has 2 N–H and O–H groups in total. The van der Waals surface area contributed by atoms with Gasteiger partial charge in [0.15, 0.2) is 0 Å². The molecule has 0 bridgehead atoms. The van der Waals surface area contributed by atoms with Gasteiger partial charge in [0.25, 0.3) is 5.91 Å². The number of anilines is 2. The van der Waals surface area contributed by atoms with Crippen molar-refractivity contribution in [1.82, 2.24) is 4.31 Å². The Morgan fingerprint density at radius 2 is 1.70 bits per heavy atom. The van der Waals surface area contributed by atoms with Crippen molar-refractivity contribution in [2.45, 2.75) is 51.0 Å². The molecule has 0 spiro atoms. The summed E-state index contributed by atoms with van der Waals surface area (Å²) in [4.78, 5) is 24.3. The van der Waals surface area contributed by atoms with E-state index in [0.29, 0.717) is 23.5 Å². The molecule has 7 nitrogen and oxygen atoms in total. The quantitative estimate of drug-likeness (QED) is 0.756. The summed E-state index contributed by atoms with van der Waals surface area (Å²) in [5.41, 5.74) is 2.24. The highest BCUT2D eigenvalue weighted by atomic mass is 32.2. The van der Waals surface area contributed by atoms with E-state index in [1.165, 1.54) is 35.5 Å². The molecule has 8 heteroatoms. The predicted molar refractivity (Wildman–Crippen MR) is 117 cm³/mol. The van der Waals surface area contributed by atoms with Crippen LogP contribution in [0, 0.1) is 6.92 Å². The van der Waals surface area contributed by atoms with E-state index in [1.54, 1.807) is 12.1 Å². The summed E-state index contributed by atoms with van der Waals surface area (Å²) in [5.74, 6) is -0.627. The SMILES string of the molecule is CC(=O)Nc1ccc(C)cc1NC(=O)c1ccc(S(=O)(=O)N2CCCCC2C)cc1. The number of piperidine rings is 1. The van der Waals surface area contributed by atoms with Crippen LogP contribution in [0.2, 0.25) is 0 Å². The number of aryl methyl sites for hydroxylation is 1. The van der Waals surface area contributed by atoms with Gasteiger partial charge in [-0.25, -0.2) is 8.42 Å². The molecule has 2 amide bonds. The van der Waals surface area contributed by atoms with E-state index in [0.717, 1.165) is 24.8 Å². The minimum absolute atomic E-state index is 0.0276. The monoisotopic (exact) mass is 429 g/mol. The van der Waals surface area contributed by atoms with Gasteiger partial charge in [0, 0.05) is 25.1 Å². The molecule has 0 aromatic heterocycles. The number of hydrogen-bond acceptors (Lipinski definition) is 4. The Morgan fingerprint density at radius 1 is 1.00 bits per heavy atom. The molecule has 2 aromatic carbocycles. The third kappa shape index (κ3) is 4.88. The summed E-state index contributed by atoms with van der Waals surface area (Å²) >= 11 is 0. The molecule has 0 radical (unpaired) electrons. The molecule has 30 heavy (non-hydrogen) atoms. The Kier molecular flexibility index (Phi) is 6.58. The fraction of sp³-hybridized carbons (Fsp3) is 0.364. The number of carbonyl (C=O) groups is 2. The highest BCUT2D eigenvalue weighted by Crippen LogP contribution is 2.26. The maximum Gasteiger partial charge on any atom is 0.255 e. The van der Waals surface area contributed by atoms with E-state index in [-0.39, 0.29) is 22.8 Å². The Bertz CT molecular complexity index is 1050. The minimum atomic E-state index is -3.58. The second-order valence-electron chi connectivity index (χ2n) is 7.67. The molecule has 1 fully saturated rings. The number of sulfonamides is 1. The van der Waals surface area contributed by atoms with Crippen LogP contribution in [0.25, 0.3) is 0 Å². The van der Waals surface area contributed by atoms with E-state index >= 15 is 0 Å². The third-order valence-electron chi connectivity index (χ3n) is 5.20. The van der Waals surface area contributed by atoms with Crippen molar-refractivity contribution in [3.63, 3.8) is 0 Å². The zero-order chi connectivity index (χ0) is 21.9. The fourth-order valence-corrected chi connectivity index (χ4v) is 5.30. The molecule has 0 saturated carbocycles. The highest BCUT2D eigenvalue weighted by molar-refractivity contribution is 7.89. The van der Waals surface area contributed by atoms with Crippen molar-refractivity contribution in [2.75, 3.05) is 17.2 Å². The molecule has 3 rings (SSSR count). The number of nitrogens with zero attached hydrogens (tertiary/aromatic N) is 1. The predicted octanol–water partition coefficient (Wildman–Crippen LogP) is 3.77. The minimum Gasteiger partial charge on any atom is -0.325 e. The molecule has 0 aliphatic carbocycles. The average Bonchev–Trinajstić information content (AvgIpc) is 2.70. The smallest absolute Gasteiger partial charge is 0.255 e. The lowest BCUT2D eigenvalue weighted by Gasteiger charge is -2.32. The summed E-state index contributed by atoms with van der Waals surface area (Å²) in [6.07, 6.45) is 2.75. The van der Waals surface area contributed by atoms with Gasteiger partial charge < -0.3 is 10.6 Å². The standard InChI is InChI=1S/C22H27N3O4S/c1-15-7-12-20(23-17(3)26)21(14-15)24-22(27)18-8-10-19(11-9-18)30(28,29)25-13-5-4-6-16(25)2/h7-12,14,16H,4-6,13H2,1-3H3,(H,23,26)(H,24,27). The maximum absolute atomic E-state index is 12.9. The largest absolute Gasteiger partial charge is 0.325 e. The normalized spacial score (nSPS) is 17.4. The highest BCUT2D eigenvalue weighted by Gasteiger charge is 2.30. The molecule has 1 saturated heterocycles. The van der Waals surface area contributed by atoms with Gasteiger partial charge in [0.05, 0.1) is 16.3 Å². The first-order chi connectivity index (χ1) is 14.2. The van der Waals surface area contributed by atoms with Gasteiger partial charge in [-0.15, -0.1) is 0 Å². The van der Waals surface area contributed by atoms with Gasteiger partial charge in [-0.2, -0.15) is 4.31 Å². The van der Waals surface area contributed by atoms with Gasteiger partial charge in [0.2, 0.25) is 15.9 Å². The van der Waals surface area contributed by atoms with E-state index in [9.17, 15) is 18.0 Å². The molecular weight excluding hydrogens is 402 g/mol. The zero-order valence-electron chi connectivity index (χ0n) is 17.4. The van der Waals surface area contributed by atoms with Crippen LogP contribution < -0.4 is 10.6 Å². The number of nitrogens with one attached hydrogen (secondary N) is 2. The third-order valence-corrected chi connectivity index (χ3v) is 7.23. The van der Waals surface area contributed by atoms with Gasteiger partial charge >= 0.3 is 0 Å². The number of hydrogen-bond donors (Lipinski definition) is 2. The Balaban J connectivity index is 1.79. The van der Waals surface area contributed by atoms with Crippen molar-refractivity contribution in [1.29, 1.82) is 0 Å². The summed E-state index contributed by atoms with van der Waals surface area (Å²) < 4.78 is 27.4. The van der Waals surface area contributed by atoms with E-state index in [4.69, 9.17) is 0 Å². The molecule has 1 unspecified atom stereocenters. The summed E-state index contributed by atoms with van der Waals surface area (Å²) in [6, 6.07) is 11.2. The zero-order valence-corrected chi connectivity index (χ0v) is 18.3. The van der Waals surface area contributed by atoms with E-state index in [1.807, 2.05) is 19.9 Å². The van der Waals surface area contributed by atoms with Crippen LogP contribution in [-0.2, 0) is 14.8 Å². The lowest BCUT2D eigenvalue weighted by Crippen LogP contribution is -2.41. The van der Waals surface area contributed by atoms with Crippen LogP contribution in [0.3, 0.4) is 0 Å². The summed E-state index contributed by atoms with van der Waals surface area (Å²) in [7, 11) is -3.58. The lowest BCUT2D eigenvalue weighted by atomic mass is 10.1. The van der Waals surface area contributed by atoms with Gasteiger partial charge in [-0.1, -0.05) is 12.5 Å². The average molecular weight is 430 g/mol. The molecule has 1 aliphatic rings. The van der Waals surface area contributed by atoms with Crippen molar-refractivity contribution in [3.05, 3.63) is 53.6 Å². The molecule has 160 valence electrons. The first-order valence-corrected chi connectivity index (χ1v) is 11.4. The molecule has 2 aromatic rings. The van der Waals surface area contributed by atoms with Crippen LogP contribution >= 0.6 is 0 Å². The topological polar surface area (TPSA) is 95.6 Å². The molecule has 1 aliphatic heterocycles. The fourth-order valence-electron chi connectivity index (χ4n) is 3.60. The van der Waals surface area contributed by atoms with Crippen molar-refractivity contribution >= 4 is 33.2 Å². The first kappa shape index (κ1) is 22.0. The number of rotatable bonds is 5. The van der Waals surface area contributed by atoms with Crippen LogP contribution in [0.4, 0.5) is 11.4 Å². The van der Waals surface area contributed by atoms with Crippen LogP contribution in [0.15, 0.2) is 47.4 Å².